The zero-order valence-corrected chi connectivity index (χ0v) is 38.7. The molecular weight excluding hydrogens is 853 g/mol. The Morgan fingerprint density at radius 3 is 2.32 bits per heavy atom. The van der Waals surface area contributed by atoms with Crippen molar-refractivity contribution in [1.82, 2.24) is 9.88 Å². The Morgan fingerprint density at radius 2 is 1.65 bits per heavy atom. The maximum Gasteiger partial charge on any atom is 0.312 e. The summed E-state index contributed by atoms with van der Waals surface area (Å²) in [6.45, 7) is 16.9. The number of fused-ring (bicyclic) bond motifs is 1. The van der Waals surface area contributed by atoms with Gasteiger partial charge in [0.1, 0.15) is 34.1 Å². The Labute approximate surface area is 382 Å². The van der Waals surface area contributed by atoms with Gasteiger partial charge in [-0.25, -0.2) is 4.98 Å². The predicted octanol–water partition coefficient (Wildman–Crippen LogP) is 4.99. The number of phenols is 2. The monoisotopic (exact) mass is 912 g/mol. The molecule has 7 bridgehead atoms. The number of aromatic hydroxyl groups is 2. The molecule has 8 aliphatic heterocycles. The summed E-state index contributed by atoms with van der Waals surface area (Å²) in [5.41, 5.74) is -1.35. The number of amides is 1. The molecule has 10 atom stereocenters. The van der Waals surface area contributed by atoms with E-state index in [1.165, 1.54) is 33.3 Å². The molecule has 0 unspecified atom stereocenters. The van der Waals surface area contributed by atoms with Crippen molar-refractivity contribution >= 4 is 44.9 Å². The third-order valence-electron chi connectivity index (χ3n) is 14.5. The van der Waals surface area contributed by atoms with Gasteiger partial charge in [0.25, 0.3) is 11.7 Å². The van der Waals surface area contributed by atoms with Crippen molar-refractivity contribution in [3.8, 4) is 28.7 Å². The highest BCUT2D eigenvalue weighted by molar-refractivity contribution is 6.22. The van der Waals surface area contributed by atoms with Gasteiger partial charge in [0.2, 0.25) is 5.43 Å². The van der Waals surface area contributed by atoms with Gasteiger partial charge >= 0.3 is 5.79 Å². The number of allylic oxidation sites excluding steroid dienone is 2. The normalized spacial score (nSPS) is 33.0. The van der Waals surface area contributed by atoms with Crippen molar-refractivity contribution in [1.29, 1.82) is 0 Å². The summed E-state index contributed by atoms with van der Waals surface area (Å²) in [6.07, 6.45) is 4.75. The summed E-state index contributed by atoms with van der Waals surface area (Å²) >= 11 is 0. The first-order valence-corrected chi connectivity index (χ1v) is 22.5. The predicted molar refractivity (Wildman–Crippen MR) is 246 cm³/mol. The van der Waals surface area contributed by atoms with Gasteiger partial charge in [0.15, 0.2) is 11.3 Å². The van der Waals surface area contributed by atoms with Crippen molar-refractivity contribution in [2.75, 3.05) is 56.7 Å². The summed E-state index contributed by atoms with van der Waals surface area (Å²) in [5.74, 6) is -6.16. The van der Waals surface area contributed by atoms with Crippen LogP contribution in [0.1, 0.15) is 64.4 Å². The molecular formula is C49H60N4O13. The first-order valence-electron chi connectivity index (χ1n) is 22.5. The Balaban J connectivity index is 1.30. The summed E-state index contributed by atoms with van der Waals surface area (Å²) in [6, 6.07) is 3.22. The number of carbonyl (C=O) groups excluding carboxylic acids is 2. The number of ether oxygens (including phenoxy) is 4. The second kappa shape index (κ2) is 17.6. The molecule has 2 aromatic carbocycles. The number of hydrogen-bond acceptors (Lipinski definition) is 16. The summed E-state index contributed by atoms with van der Waals surface area (Å²) in [4.78, 5) is 52.7. The Bertz CT molecular complexity index is 2710. The molecule has 2 fully saturated rings. The topological polar surface area (TPSA) is 234 Å². The smallest absolute Gasteiger partial charge is 0.312 e. The van der Waals surface area contributed by atoms with Crippen LogP contribution in [-0.2, 0) is 19.0 Å². The second-order valence-corrected chi connectivity index (χ2v) is 18.7. The molecule has 0 aromatic heterocycles. The molecule has 6 N–H and O–H groups in total. The van der Waals surface area contributed by atoms with Crippen LogP contribution in [0.15, 0.2) is 57.5 Å². The van der Waals surface area contributed by atoms with Crippen LogP contribution in [0.25, 0.3) is 33.3 Å². The number of methoxy groups -OCH3 is 1. The number of rotatable bonds is 4. The highest BCUT2D eigenvalue weighted by Gasteiger charge is 2.53. The van der Waals surface area contributed by atoms with Crippen LogP contribution in [0.2, 0.25) is 0 Å². The van der Waals surface area contributed by atoms with Crippen LogP contribution in [-0.4, -0.2) is 129 Å². The van der Waals surface area contributed by atoms with Crippen molar-refractivity contribution in [2.24, 2.45) is 23.7 Å². The van der Waals surface area contributed by atoms with E-state index in [-0.39, 0.29) is 91.8 Å². The van der Waals surface area contributed by atoms with Gasteiger partial charge in [0, 0.05) is 105 Å². The van der Waals surface area contributed by atoms with Gasteiger partial charge in [-0.3, -0.25) is 19.3 Å². The first-order chi connectivity index (χ1) is 31.2. The number of anilines is 2. The molecule has 11 rings (SSSR count). The highest BCUT2D eigenvalue weighted by Crippen LogP contribution is 2.51. The summed E-state index contributed by atoms with van der Waals surface area (Å²) < 4.78 is 30.9. The van der Waals surface area contributed by atoms with Crippen LogP contribution in [0, 0.1) is 30.6 Å². The highest BCUT2D eigenvalue weighted by atomic mass is 16.7. The standard InChI is InChI=1S/C49H60N4O13/c1-23-11-10-13-48(7)28(6)43(65-48)26(4)40(57)25(3)39(56)24(2)31(62-9)12-20-63-49(8)46(60)35-33-34(41(58)27(5)44(35)66-49)42(59)38(51-47(23)61)45-37(33)50-36-30(55)21-29(22-32(36)64-45)53-16-14-52(15-17-53)18-19-54/h10-13,20-22,24-26,28,31,39-40,43,54-58H,14-19H2,1-9H3,(H,51,61)/b13-10+,20-12+,23-11-/t24-,25+,26+,28-,31+,39-,40+,43-,48+,49+/m1/s1. The van der Waals surface area contributed by atoms with E-state index in [1.807, 2.05) is 31.7 Å². The number of β-amino-alcohol motifs (C(OH)–C–C–N with tert-alkyl or cyclic N) is 1. The molecule has 0 spiro atoms. The maximum absolute atomic E-state index is 14.9. The third-order valence-corrected chi connectivity index (χ3v) is 14.5. The molecule has 354 valence electrons. The molecule has 2 aromatic rings. The van der Waals surface area contributed by atoms with Crippen LogP contribution in [0.4, 0.5) is 11.4 Å². The van der Waals surface area contributed by atoms with Gasteiger partial charge in [-0.2, -0.15) is 0 Å². The van der Waals surface area contributed by atoms with Crippen LogP contribution >= 0.6 is 0 Å². The number of aromatic nitrogens is 1. The Morgan fingerprint density at radius 1 is 0.955 bits per heavy atom. The van der Waals surface area contributed by atoms with Gasteiger partial charge in [-0.1, -0.05) is 45.9 Å². The molecule has 8 heterocycles. The first kappa shape index (κ1) is 47.0. The number of phenolic OH excluding ortho intramolecular Hbond substituents is 2. The molecule has 17 heteroatoms. The number of Topliss-reactive ketones (excluding diaryl/α,β-unsaturated/α-hetero) is 1. The van der Waals surface area contributed by atoms with E-state index in [0.717, 1.165) is 0 Å². The van der Waals surface area contributed by atoms with Crippen LogP contribution < -0.4 is 20.4 Å². The number of aliphatic hydroxyl groups is 3. The molecule has 0 saturated carbocycles. The third kappa shape index (κ3) is 7.78. The molecule has 9 aliphatic rings. The Hall–Kier alpha value is -5.56. The maximum atomic E-state index is 14.9. The van der Waals surface area contributed by atoms with Gasteiger partial charge in [-0.05, 0) is 26.8 Å². The largest absolute Gasteiger partial charge is 0.507 e. The lowest BCUT2D eigenvalue weighted by molar-refractivity contribution is -0.251. The second-order valence-electron chi connectivity index (χ2n) is 18.7. The van der Waals surface area contributed by atoms with Crippen molar-refractivity contribution in [2.45, 2.75) is 91.2 Å². The number of nitrogens with zero attached hydrogens (tertiary/aromatic N) is 3. The molecule has 1 amide bonds. The number of hydrogen-bond donors (Lipinski definition) is 6. The lowest BCUT2D eigenvalue weighted by Gasteiger charge is -2.54. The zero-order chi connectivity index (χ0) is 47.7. The molecule has 17 nitrogen and oxygen atoms in total. The van der Waals surface area contributed by atoms with Gasteiger partial charge in [0.05, 0.1) is 53.8 Å². The van der Waals surface area contributed by atoms with Crippen molar-refractivity contribution in [3.05, 3.63) is 69.6 Å². The lowest BCUT2D eigenvalue weighted by atomic mass is 9.70. The zero-order valence-electron chi connectivity index (χ0n) is 38.7. The molecule has 66 heavy (non-hydrogen) atoms. The summed E-state index contributed by atoms with van der Waals surface area (Å²) in [5, 5.41) is 58.1. The van der Waals surface area contributed by atoms with Crippen LogP contribution in [0.3, 0.4) is 0 Å². The average Bonchev–Trinajstić information content (AvgIpc) is 3.56. The molecule has 0 radical (unpaired) electrons. The van der Waals surface area contributed by atoms with E-state index >= 15 is 0 Å². The van der Waals surface area contributed by atoms with E-state index in [1.54, 1.807) is 45.1 Å². The quantitative estimate of drug-likeness (QED) is 0.117. The van der Waals surface area contributed by atoms with Gasteiger partial charge in [-0.15, -0.1) is 0 Å². The van der Waals surface area contributed by atoms with Gasteiger partial charge < -0.3 is 59.1 Å². The number of nitrogens with one attached hydrogen (secondary N) is 1. The number of benzene rings is 3. The number of carbonyl (C=O) groups is 2. The number of piperazine rings is 1. The van der Waals surface area contributed by atoms with Crippen molar-refractivity contribution < 1.29 is 58.5 Å². The minimum atomic E-state index is -2.05. The molecule has 2 saturated heterocycles. The summed E-state index contributed by atoms with van der Waals surface area (Å²) in [7, 11) is 1.46. The number of ketones is 1. The molecule has 1 aliphatic carbocycles. The average molecular weight is 913 g/mol. The van der Waals surface area contributed by atoms with Crippen LogP contribution in [0.5, 0.6) is 17.2 Å². The fraction of sp³-hybridized carbons (Fsp3) is 0.510. The fourth-order valence-corrected chi connectivity index (χ4v) is 9.96. The fourth-order valence-electron chi connectivity index (χ4n) is 9.96. The Kier molecular flexibility index (Phi) is 12.5. The van der Waals surface area contributed by atoms with E-state index in [4.69, 9.17) is 28.3 Å². The van der Waals surface area contributed by atoms with E-state index in [0.29, 0.717) is 38.4 Å². The van der Waals surface area contributed by atoms with Crippen molar-refractivity contribution in [3.63, 3.8) is 0 Å². The van der Waals surface area contributed by atoms with E-state index in [2.05, 4.69) is 10.2 Å². The van der Waals surface area contributed by atoms with E-state index in [9.17, 15) is 39.9 Å². The number of aliphatic hydroxyl groups excluding tert-OH is 3. The van der Waals surface area contributed by atoms with E-state index < -0.39 is 64.4 Å². The lowest BCUT2D eigenvalue weighted by Crippen LogP contribution is -2.60. The minimum absolute atomic E-state index is 0.0176. The SMILES string of the molecule is CO[C@H]1/C=C/O[C@@]2(C)Oc3c(C)c(O)c4c(=O)c(c5oc6cc(N7CCN(CCO)CC7)cc(O)c6nc-5c4c3C2=O)NC(=O)/C(C)=C\C=C\[C@]2(C)O[C@H]([C@@H](C)[C@@H](O)[C@@H](C)[C@H](O)[C@@H]1C)[C@H]2C. The minimum Gasteiger partial charge on any atom is -0.507 e.